The number of aryl methyl sites for hydroxylation is 5. The van der Waals surface area contributed by atoms with Crippen LogP contribution in [-0.4, -0.2) is 71.7 Å². The van der Waals surface area contributed by atoms with Crippen molar-refractivity contribution in [2.45, 2.75) is 54.0 Å². The number of ether oxygens (including phenoxy) is 3. The van der Waals surface area contributed by atoms with Gasteiger partial charge in [-0.05, 0) is 76.3 Å². The summed E-state index contributed by atoms with van der Waals surface area (Å²) >= 11 is 6.35. The fourth-order valence-corrected chi connectivity index (χ4v) is 6.14. The number of para-hydroxylation sites is 1. The first-order valence-electron chi connectivity index (χ1n) is 14.8. The molecule has 0 atom stereocenters. The van der Waals surface area contributed by atoms with Gasteiger partial charge in [-0.3, -0.25) is 10.00 Å². The number of halogens is 1. The topological polar surface area (TPSA) is 81.6 Å². The van der Waals surface area contributed by atoms with E-state index in [1.165, 1.54) is 0 Å². The summed E-state index contributed by atoms with van der Waals surface area (Å²) in [6, 6.07) is 10.3. The number of carbonyl (C=O) groups is 1. The Bertz CT molecular complexity index is 1530. The van der Waals surface area contributed by atoms with Gasteiger partial charge >= 0.3 is 5.97 Å². The number of morpholine rings is 1. The maximum atomic E-state index is 13.7. The molecule has 224 valence electrons. The summed E-state index contributed by atoms with van der Waals surface area (Å²) in [6.07, 6.45) is 1.41. The van der Waals surface area contributed by atoms with E-state index in [1.807, 2.05) is 46.8 Å². The molecule has 1 aliphatic heterocycles. The number of hydrogen-bond acceptors (Lipinski definition) is 6. The van der Waals surface area contributed by atoms with Crippen LogP contribution in [0.1, 0.15) is 51.9 Å². The normalized spacial score (nSPS) is 14.0. The predicted molar refractivity (Wildman–Crippen MR) is 167 cm³/mol. The van der Waals surface area contributed by atoms with Gasteiger partial charge in [0.1, 0.15) is 11.4 Å². The van der Waals surface area contributed by atoms with Crippen LogP contribution in [0, 0.1) is 27.7 Å². The third kappa shape index (κ3) is 6.21. The van der Waals surface area contributed by atoms with Gasteiger partial charge < -0.3 is 18.8 Å². The molecule has 1 N–H and O–H groups in total. The van der Waals surface area contributed by atoms with Crippen molar-refractivity contribution in [3.05, 3.63) is 69.1 Å². The lowest BCUT2D eigenvalue weighted by molar-refractivity contribution is 0.0359. The Morgan fingerprint density at radius 2 is 1.83 bits per heavy atom. The van der Waals surface area contributed by atoms with Crippen molar-refractivity contribution >= 4 is 28.5 Å². The van der Waals surface area contributed by atoms with E-state index in [0.717, 1.165) is 100 Å². The molecular formula is C33H41ClN4O4. The minimum Gasteiger partial charge on any atom is -0.494 e. The number of fused-ring (bicyclic) bond motifs is 1. The molecule has 1 aliphatic rings. The molecule has 0 spiro atoms. The molecule has 0 unspecified atom stereocenters. The SMILES string of the molecule is CCOC(=O)c1c(CCCOc2cc(C)c(Cl)c(C)c2)c2cccc(-c3c(C)n[nH]c3C)c2n1CCN1CCOCC1. The summed E-state index contributed by atoms with van der Waals surface area (Å²) in [4.78, 5) is 16.1. The van der Waals surface area contributed by atoms with Crippen LogP contribution in [0.2, 0.25) is 5.02 Å². The Kier molecular flexibility index (Phi) is 9.56. The summed E-state index contributed by atoms with van der Waals surface area (Å²) in [7, 11) is 0. The van der Waals surface area contributed by atoms with Crippen LogP contribution >= 0.6 is 11.6 Å². The van der Waals surface area contributed by atoms with Crippen LogP contribution in [0.4, 0.5) is 0 Å². The van der Waals surface area contributed by atoms with Gasteiger partial charge in [-0.15, -0.1) is 0 Å². The second kappa shape index (κ2) is 13.3. The van der Waals surface area contributed by atoms with Gasteiger partial charge in [0, 0.05) is 53.4 Å². The van der Waals surface area contributed by atoms with Crippen molar-refractivity contribution in [3.8, 4) is 16.9 Å². The molecule has 0 bridgehead atoms. The molecular weight excluding hydrogens is 552 g/mol. The summed E-state index contributed by atoms with van der Waals surface area (Å²) in [5, 5.41) is 9.45. The number of nitrogens with zero attached hydrogens (tertiary/aromatic N) is 3. The Labute approximate surface area is 252 Å². The molecule has 1 fully saturated rings. The number of H-pyrrole nitrogens is 1. The molecule has 9 heteroatoms. The number of esters is 1. The average Bonchev–Trinajstić information content (AvgIpc) is 3.49. The maximum absolute atomic E-state index is 13.7. The molecule has 1 saturated heterocycles. The van der Waals surface area contributed by atoms with E-state index in [0.29, 0.717) is 31.9 Å². The van der Waals surface area contributed by atoms with E-state index in [-0.39, 0.29) is 5.97 Å². The molecule has 3 heterocycles. The Morgan fingerprint density at radius 1 is 1.10 bits per heavy atom. The molecule has 5 rings (SSSR count). The van der Waals surface area contributed by atoms with E-state index >= 15 is 0 Å². The van der Waals surface area contributed by atoms with Crippen LogP contribution in [-0.2, 0) is 22.4 Å². The van der Waals surface area contributed by atoms with E-state index in [9.17, 15) is 4.79 Å². The fourth-order valence-electron chi connectivity index (χ4n) is 6.03. The predicted octanol–water partition coefficient (Wildman–Crippen LogP) is 6.44. The lowest BCUT2D eigenvalue weighted by atomic mass is 9.98. The molecule has 0 aliphatic carbocycles. The third-order valence-corrected chi connectivity index (χ3v) is 8.64. The van der Waals surface area contributed by atoms with Crippen LogP contribution in [0.15, 0.2) is 30.3 Å². The highest BCUT2D eigenvalue weighted by molar-refractivity contribution is 6.32. The van der Waals surface area contributed by atoms with Gasteiger partial charge in [0.05, 0.1) is 37.6 Å². The van der Waals surface area contributed by atoms with Crippen molar-refractivity contribution in [2.24, 2.45) is 0 Å². The highest BCUT2D eigenvalue weighted by atomic mass is 35.5. The van der Waals surface area contributed by atoms with Gasteiger partial charge in [-0.25, -0.2) is 4.79 Å². The van der Waals surface area contributed by atoms with Gasteiger partial charge in [0.15, 0.2) is 0 Å². The quantitative estimate of drug-likeness (QED) is 0.159. The van der Waals surface area contributed by atoms with Crippen LogP contribution in [0.3, 0.4) is 0 Å². The number of carbonyl (C=O) groups excluding carboxylic acids is 1. The van der Waals surface area contributed by atoms with Crippen LogP contribution < -0.4 is 4.74 Å². The highest BCUT2D eigenvalue weighted by Gasteiger charge is 2.27. The minimum atomic E-state index is -0.290. The van der Waals surface area contributed by atoms with E-state index < -0.39 is 0 Å². The Hall–Kier alpha value is -3.33. The van der Waals surface area contributed by atoms with Crippen molar-refractivity contribution < 1.29 is 19.0 Å². The molecule has 42 heavy (non-hydrogen) atoms. The first-order valence-corrected chi connectivity index (χ1v) is 15.2. The summed E-state index contributed by atoms with van der Waals surface area (Å²) in [5.41, 5.74) is 8.74. The summed E-state index contributed by atoms with van der Waals surface area (Å²) < 4.78 is 19.6. The number of benzene rings is 2. The van der Waals surface area contributed by atoms with Gasteiger partial charge in [-0.2, -0.15) is 5.10 Å². The van der Waals surface area contributed by atoms with Crippen LogP contribution in [0.5, 0.6) is 5.75 Å². The summed E-state index contributed by atoms with van der Waals surface area (Å²) in [6.45, 7) is 15.4. The molecule has 8 nitrogen and oxygen atoms in total. The number of nitrogens with one attached hydrogen (secondary N) is 1. The zero-order valence-electron chi connectivity index (χ0n) is 25.3. The molecule has 0 saturated carbocycles. The minimum absolute atomic E-state index is 0.290. The highest BCUT2D eigenvalue weighted by Crippen LogP contribution is 2.38. The standard InChI is InChI=1S/C33H41ClN4O4/c1-6-41-33(39)32-27(11-8-16-42-25-19-21(2)30(34)22(3)20-25)26-9-7-10-28(29-23(4)35-36-24(29)5)31(26)38(32)13-12-37-14-17-40-18-15-37/h7,9-10,19-20H,6,8,11-18H2,1-5H3,(H,35,36). The number of hydrogen-bond donors (Lipinski definition) is 1. The number of rotatable bonds is 11. The largest absolute Gasteiger partial charge is 0.494 e. The molecule has 0 amide bonds. The van der Waals surface area contributed by atoms with Crippen molar-refractivity contribution in [3.63, 3.8) is 0 Å². The van der Waals surface area contributed by atoms with Gasteiger partial charge in [-0.1, -0.05) is 29.8 Å². The third-order valence-electron chi connectivity index (χ3n) is 8.05. The fraction of sp³-hybridized carbons (Fsp3) is 0.455. The number of aromatic amines is 1. The average molecular weight is 593 g/mol. The van der Waals surface area contributed by atoms with Crippen LogP contribution in [0.25, 0.3) is 22.0 Å². The van der Waals surface area contributed by atoms with Crippen molar-refractivity contribution in [1.82, 2.24) is 19.7 Å². The van der Waals surface area contributed by atoms with Crippen molar-refractivity contribution in [2.75, 3.05) is 46.1 Å². The second-order valence-corrected chi connectivity index (χ2v) is 11.4. The van der Waals surface area contributed by atoms with Gasteiger partial charge in [0.25, 0.3) is 0 Å². The zero-order chi connectivity index (χ0) is 29.8. The first kappa shape index (κ1) is 30.1. The smallest absolute Gasteiger partial charge is 0.355 e. The Morgan fingerprint density at radius 3 is 2.50 bits per heavy atom. The van der Waals surface area contributed by atoms with E-state index in [2.05, 4.69) is 37.9 Å². The maximum Gasteiger partial charge on any atom is 0.355 e. The Balaban J connectivity index is 1.54. The first-order chi connectivity index (χ1) is 20.3. The zero-order valence-corrected chi connectivity index (χ0v) is 26.1. The molecule has 4 aromatic rings. The lowest BCUT2D eigenvalue weighted by Gasteiger charge is -2.27. The lowest BCUT2D eigenvalue weighted by Crippen LogP contribution is -2.38. The van der Waals surface area contributed by atoms with E-state index in [1.54, 1.807) is 0 Å². The second-order valence-electron chi connectivity index (χ2n) is 11.0. The molecule has 2 aromatic heterocycles. The van der Waals surface area contributed by atoms with Gasteiger partial charge in [0.2, 0.25) is 0 Å². The monoisotopic (exact) mass is 592 g/mol. The number of aromatic nitrogens is 3. The van der Waals surface area contributed by atoms with Crippen molar-refractivity contribution in [1.29, 1.82) is 0 Å². The molecule has 0 radical (unpaired) electrons. The summed E-state index contributed by atoms with van der Waals surface area (Å²) in [5.74, 6) is 0.517. The molecule has 2 aromatic carbocycles. The van der Waals surface area contributed by atoms with E-state index in [4.69, 9.17) is 25.8 Å².